The molecule has 4 heteroatoms. The summed E-state index contributed by atoms with van der Waals surface area (Å²) < 4.78 is 4.28. The molecule has 0 aliphatic rings. The number of aliphatic hydroxyl groups is 1. The predicted molar refractivity (Wildman–Crippen MR) is 38.0 cm³/mol. The Kier molecular flexibility index (Phi) is 3.95. The Morgan fingerprint density at radius 3 is 2.36 bits per heavy atom. The number of methoxy groups -OCH3 is 1. The number of carbonyl (C=O) groups excluding carboxylic acids is 2. The lowest BCUT2D eigenvalue weighted by Gasteiger charge is -1.99. The zero-order valence-electron chi connectivity index (χ0n) is 6.46. The molecule has 0 bridgehead atoms. The van der Waals surface area contributed by atoms with Crippen molar-refractivity contribution in [2.24, 2.45) is 0 Å². The summed E-state index contributed by atoms with van der Waals surface area (Å²) in [6.07, 6.45) is 0.496. The van der Waals surface area contributed by atoms with E-state index in [0.717, 1.165) is 0 Å². The van der Waals surface area contributed by atoms with Crippen LogP contribution in [-0.4, -0.2) is 24.0 Å². The van der Waals surface area contributed by atoms with Crippen LogP contribution in [0.15, 0.2) is 11.8 Å². The Bertz CT molecular complexity index is 193. The molecule has 0 aliphatic carbocycles. The van der Waals surface area contributed by atoms with E-state index in [0.29, 0.717) is 6.26 Å². The average Bonchev–Trinajstić information content (AvgIpc) is 1.98. The SMILES string of the molecule is COC(=O)/C(=C\O)CC(C)=O. The highest BCUT2D eigenvalue weighted by Gasteiger charge is 2.11. The first-order chi connectivity index (χ1) is 5.11. The Morgan fingerprint density at radius 2 is 2.09 bits per heavy atom. The van der Waals surface area contributed by atoms with Crippen molar-refractivity contribution in [2.75, 3.05) is 7.11 Å². The molecule has 11 heavy (non-hydrogen) atoms. The van der Waals surface area contributed by atoms with Crippen molar-refractivity contribution in [1.82, 2.24) is 0 Å². The molecule has 1 N–H and O–H groups in total. The Balaban J connectivity index is 4.20. The summed E-state index contributed by atoms with van der Waals surface area (Å²) in [5.74, 6) is -0.876. The summed E-state index contributed by atoms with van der Waals surface area (Å²) in [6.45, 7) is 1.33. The molecule has 0 saturated heterocycles. The number of rotatable bonds is 3. The number of hydrogen-bond acceptors (Lipinski definition) is 4. The first-order valence-corrected chi connectivity index (χ1v) is 3.02. The number of carbonyl (C=O) groups is 2. The second-order valence-corrected chi connectivity index (χ2v) is 2.02. The van der Waals surface area contributed by atoms with Gasteiger partial charge in [-0.3, -0.25) is 4.79 Å². The van der Waals surface area contributed by atoms with E-state index >= 15 is 0 Å². The smallest absolute Gasteiger partial charge is 0.337 e. The zero-order valence-corrected chi connectivity index (χ0v) is 6.46. The minimum Gasteiger partial charge on any atom is -0.515 e. The molecule has 0 aromatic heterocycles. The fourth-order valence-electron chi connectivity index (χ4n) is 0.570. The third-order valence-corrected chi connectivity index (χ3v) is 1.04. The summed E-state index contributed by atoms with van der Waals surface area (Å²) in [5, 5.41) is 8.46. The normalized spacial score (nSPS) is 10.9. The topological polar surface area (TPSA) is 63.6 Å². The molecule has 0 heterocycles. The van der Waals surface area contributed by atoms with Crippen LogP contribution in [0.3, 0.4) is 0 Å². The summed E-state index contributed by atoms with van der Waals surface area (Å²) in [5.41, 5.74) is -0.0278. The number of ketones is 1. The van der Waals surface area contributed by atoms with E-state index in [1.807, 2.05) is 0 Å². The zero-order chi connectivity index (χ0) is 8.85. The molecule has 0 rings (SSSR count). The number of ether oxygens (including phenoxy) is 1. The van der Waals surface area contributed by atoms with Crippen molar-refractivity contribution in [3.8, 4) is 0 Å². The van der Waals surface area contributed by atoms with Crippen LogP contribution >= 0.6 is 0 Å². The second-order valence-electron chi connectivity index (χ2n) is 2.02. The molecular weight excluding hydrogens is 148 g/mol. The maximum absolute atomic E-state index is 10.7. The molecule has 0 aromatic rings. The molecule has 0 fully saturated rings. The van der Waals surface area contributed by atoms with Crippen molar-refractivity contribution in [3.05, 3.63) is 11.8 Å². The van der Waals surface area contributed by atoms with Gasteiger partial charge in [-0.25, -0.2) is 4.79 Å². The minimum absolute atomic E-state index is 0.0278. The van der Waals surface area contributed by atoms with Gasteiger partial charge in [0.2, 0.25) is 0 Å². The summed E-state index contributed by atoms with van der Waals surface area (Å²) in [7, 11) is 1.19. The van der Waals surface area contributed by atoms with Crippen LogP contribution in [0.25, 0.3) is 0 Å². The van der Waals surface area contributed by atoms with Gasteiger partial charge in [0.1, 0.15) is 5.78 Å². The summed E-state index contributed by atoms with van der Waals surface area (Å²) in [6, 6.07) is 0. The van der Waals surface area contributed by atoms with Crippen molar-refractivity contribution in [2.45, 2.75) is 13.3 Å². The van der Waals surface area contributed by atoms with E-state index in [2.05, 4.69) is 4.74 Å². The van der Waals surface area contributed by atoms with Crippen LogP contribution in [0.5, 0.6) is 0 Å². The lowest BCUT2D eigenvalue weighted by Crippen LogP contribution is -2.08. The number of esters is 1. The van der Waals surface area contributed by atoms with Crippen LogP contribution in [-0.2, 0) is 14.3 Å². The Morgan fingerprint density at radius 1 is 1.55 bits per heavy atom. The van der Waals surface area contributed by atoms with Gasteiger partial charge in [-0.1, -0.05) is 0 Å². The van der Waals surface area contributed by atoms with Gasteiger partial charge in [0.15, 0.2) is 0 Å². The fraction of sp³-hybridized carbons (Fsp3) is 0.429. The molecule has 0 spiro atoms. The van der Waals surface area contributed by atoms with Crippen molar-refractivity contribution in [3.63, 3.8) is 0 Å². The van der Waals surface area contributed by atoms with Gasteiger partial charge >= 0.3 is 5.97 Å². The number of hydrogen-bond donors (Lipinski definition) is 1. The van der Waals surface area contributed by atoms with E-state index in [1.165, 1.54) is 14.0 Å². The van der Waals surface area contributed by atoms with Gasteiger partial charge in [0, 0.05) is 6.42 Å². The summed E-state index contributed by atoms with van der Waals surface area (Å²) in [4.78, 5) is 21.1. The Hall–Kier alpha value is -1.32. The first kappa shape index (κ1) is 9.68. The minimum atomic E-state index is -0.678. The van der Waals surface area contributed by atoms with Crippen LogP contribution in [0.1, 0.15) is 13.3 Å². The average molecular weight is 158 g/mol. The largest absolute Gasteiger partial charge is 0.515 e. The van der Waals surface area contributed by atoms with E-state index in [4.69, 9.17) is 5.11 Å². The van der Waals surface area contributed by atoms with Crippen LogP contribution < -0.4 is 0 Å². The predicted octanol–water partition coefficient (Wildman–Crippen LogP) is 0.580. The molecule has 0 unspecified atom stereocenters. The molecule has 0 amide bonds. The fourth-order valence-corrected chi connectivity index (χ4v) is 0.570. The molecule has 0 radical (unpaired) electrons. The maximum Gasteiger partial charge on any atom is 0.337 e. The molecule has 0 atom stereocenters. The monoisotopic (exact) mass is 158 g/mol. The van der Waals surface area contributed by atoms with E-state index in [1.54, 1.807) is 0 Å². The second kappa shape index (κ2) is 4.49. The van der Waals surface area contributed by atoms with Gasteiger partial charge in [0.25, 0.3) is 0 Å². The quantitative estimate of drug-likeness (QED) is 0.370. The lowest BCUT2D eigenvalue weighted by atomic mass is 10.1. The number of Topliss-reactive ketones (excluding diaryl/α,β-unsaturated/α-hetero) is 1. The van der Waals surface area contributed by atoms with E-state index in [9.17, 15) is 9.59 Å². The standard InChI is InChI=1S/C7H10O4/c1-5(9)3-6(4-8)7(10)11-2/h4,8H,3H2,1-2H3/b6-4-. The molecule has 0 saturated carbocycles. The van der Waals surface area contributed by atoms with Gasteiger partial charge in [0.05, 0.1) is 18.9 Å². The molecule has 4 nitrogen and oxygen atoms in total. The van der Waals surface area contributed by atoms with Gasteiger partial charge in [-0.05, 0) is 6.92 Å². The van der Waals surface area contributed by atoms with Gasteiger partial charge < -0.3 is 9.84 Å². The lowest BCUT2D eigenvalue weighted by molar-refractivity contribution is -0.137. The van der Waals surface area contributed by atoms with Gasteiger partial charge in [-0.2, -0.15) is 0 Å². The molecular formula is C7H10O4. The van der Waals surface area contributed by atoms with Crippen LogP contribution in [0, 0.1) is 0 Å². The summed E-state index contributed by atoms with van der Waals surface area (Å²) >= 11 is 0. The Labute approximate surface area is 64.5 Å². The van der Waals surface area contributed by atoms with Crippen LogP contribution in [0.4, 0.5) is 0 Å². The van der Waals surface area contributed by atoms with Crippen LogP contribution in [0.2, 0.25) is 0 Å². The number of aliphatic hydroxyl groups excluding tert-OH is 1. The van der Waals surface area contributed by atoms with Crippen molar-refractivity contribution < 1.29 is 19.4 Å². The highest BCUT2D eigenvalue weighted by molar-refractivity contribution is 5.94. The van der Waals surface area contributed by atoms with Crippen molar-refractivity contribution >= 4 is 11.8 Å². The first-order valence-electron chi connectivity index (χ1n) is 3.02. The third kappa shape index (κ3) is 3.40. The van der Waals surface area contributed by atoms with Crippen molar-refractivity contribution in [1.29, 1.82) is 0 Å². The molecule has 0 aliphatic heterocycles. The molecule has 0 aromatic carbocycles. The highest BCUT2D eigenvalue weighted by atomic mass is 16.5. The molecule has 62 valence electrons. The van der Waals surface area contributed by atoms with E-state index < -0.39 is 5.97 Å². The van der Waals surface area contributed by atoms with E-state index in [-0.39, 0.29) is 17.8 Å². The third-order valence-electron chi connectivity index (χ3n) is 1.04. The maximum atomic E-state index is 10.7. The van der Waals surface area contributed by atoms with Gasteiger partial charge in [-0.15, -0.1) is 0 Å². The highest BCUT2D eigenvalue weighted by Crippen LogP contribution is 2.02.